The van der Waals surface area contributed by atoms with Gasteiger partial charge in [-0.05, 0) is 66.3 Å². The van der Waals surface area contributed by atoms with Gasteiger partial charge in [0.1, 0.15) is 0 Å². The average molecular weight is 416 g/mol. The molecule has 2 aliphatic rings. The highest BCUT2D eigenvalue weighted by Crippen LogP contribution is 2.38. The number of methoxy groups -OCH3 is 1. The highest BCUT2D eigenvalue weighted by Gasteiger charge is 2.15. The van der Waals surface area contributed by atoms with Crippen molar-refractivity contribution < 1.29 is 4.74 Å². The third-order valence-electron chi connectivity index (χ3n) is 5.57. The normalized spacial score (nSPS) is 12.3. The Morgan fingerprint density at radius 2 is 1.19 bits per heavy atom. The van der Waals surface area contributed by atoms with Gasteiger partial charge in [0.2, 0.25) is 0 Å². The maximum atomic E-state index is 5.88. The lowest BCUT2D eigenvalue weighted by Crippen LogP contribution is -1.84. The van der Waals surface area contributed by atoms with Crippen LogP contribution in [0.3, 0.4) is 0 Å². The van der Waals surface area contributed by atoms with Crippen LogP contribution in [0.15, 0.2) is 66.7 Å². The van der Waals surface area contributed by atoms with Crippen molar-refractivity contribution in [1.29, 1.82) is 0 Å². The van der Waals surface area contributed by atoms with Crippen LogP contribution in [0.1, 0.15) is 22.8 Å². The highest BCUT2D eigenvalue weighted by molar-refractivity contribution is 5.94. The van der Waals surface area contributed by atoms with Gasteiger partial charge in [-0.1, -0.05) is 30.3 Å². The van der Waals surface area contributed by atoms with Gasteiger partial charge in [-0.15, -0.1) is 0 Å². The van der Waals surface area contributed by atoms with Gasteiger partial charge in [0, 0.05) is 16.6 Å². The standard InChI is InChI=1S/C27H20N4O/c1-32-27-25-16-23-12-10-21(30-23)14-19-8-7-18(28-19)13-20-9-11-22(29-20)15-24(31-25)26(27)17-5-3-2-4-6-17/h2-16,28,31H,1H3. The number of aromatic amines is 2. The Morgan fingerprint density at radius 1 is 0.625 bits per heavy atom. The van der Waals surface area contributed by atoms with Crippen molar-refractivity contribution in [3.05, 3.63) is 89.5 Å². The van der Waals surface area contributed by atoms with E-state index in [1.807, 2.05) is 72.8 Å². The van der Waals surface area contributed by atoms with Crippen molar-refractivity contribution in [3.63, 3.8) is 0 Å². The third kappa shape index (κ3) is 3.30. The van der Waals surface area contributed by atoms with Gasteiger partial charge < -0.3 is 14.7 Å². The molecule has 6 rings (SSSR count). The van der Waals surface area contributed by atoms with Crippen molar-refractivity contribution in [2.75, 3.05) is 7.11 Å². The largest absolute Gasteiger partial charge is 0.494 e. The Balaban J connectivity index is 1.73. The van der Waals surface area contributed by atoms with E-state index in [2.05, 4.69) is 28.2 Å². The first kappa shape index (κ1) is 18.4. The van der Waals surface area contributed by atoms with Gasteiger partial charge in [0.25, 0.3) is 0 Å². The van der Waals surface area contributed by atoms with E-state index in [0.717, 1.165) is 61.7 Å². The van der Waals surface area contributed by atoms with Gasteiger partial charge in [-0.3, -0.25) is 0 Å². The molecule has 4 aromatic rings. The molecule has 0 atom stereocenters. The number of benzene rings is 1. The predicted molar refractivity (Wildman–Crippen MR) is 131 cm³/mol. The van der Waals surface area contributed by atoms with Gasteiger partial charge in [-0.25, -0.2) is 9.97 Å². The van der Waals surface area contributed by atoms with E-state index < -0.39 is 0 Å². The molecule has 5 heteroatoms. The zero-order chi connectivity index (χ0) is 21.5. The first-order valence-electron chi connectivity index (χ1n) is 10.5. The fourth-order valence-corrected chi connectivity index (χ4v) is 4.16. The molecule has 8 bridgehead atoms. The van der Waals surface area contributed by atoms with Crippen LogP contribution < -0.4 is 4.74 Å². The van der Waals surface area contributed by atoms with Crippen LogP contribution in [0.4, 0.5) is 0 Å². The summed E-state index contributed by atoms with van der Waals surface area (Å²) in [6.45, 7) is 0. The Bertz CT molecular complexity index is 1560. The van der Waals surface area contributed by atoms with Crippen LogP contribution in [0.25, 0.3) is 57.5 Å². The van der Waals surface area contributed by atoms with E-state index in [-0.39, 0.29) is 0 Å². The summed E-state index contributed by atoms with van der Waals surface area (Å²) >= 11 is 0. The van der Waals surface area contributed by atoms with E-state index in [0.29, 0.717) is 0 Å². The zero-order valence-electron chi connectivity index (χ0n) is 17.5. The first-order chi connectivity index (χ1) is 15.7. The molecular weight excluding hydrogens is 396 g/mol. The minimum absolute atomic E-state index is 0.784. The van der Waals surface area contributed by atoms with Gasteiger partial charge in [0.05, 0.1) is 40.9 Å². The number of H-pyrrole nitrogens is 2. The topological polar surface area (TPSA) is 66.6 Å². The lowest BCUT2D eigenvalue weighted by atomic mass is 10.1. The molecule has 2 aliphatic heterocycles. The van der Waals surface area contributed by atoms with Gasteiger partial charge in [-0.2, -0.15) is 0 Å². The minimum Gasteiger partial charge on any atom is -0.494 e. The summed E-state index contributed by atoms with van der Waals surface area (Å²) in [5, 5.41) is 0. The number of fused-ring (bicyclic) bond motifs is 8. The van der Waals surface area contributed by atoms with Crippen LogP contribution in [0.5, 0.6) is 5.75 Å². The molecule has 5 heterocycles. The summed E-state index contributed by atoms with van der Waals surface area (Å²) in [4.78, 5) is 16.5. The van der Waals surface area contributed by atoms with Gasteiger partial charge >= 0.3 is 0 Å². The summed E-state index contributed by atoms with van der Waals surface area (Å²) in [6, 6.07) is 22.5. The Hall–Kier alpha value is -4.38. The molecule has 0 amide bonds. The maximum absolute atomic E-state index is 5.88. The molecule has 1 aromatic carbocycles. The Morgan fingerprint density at radius 3 is 1.78 bits per heavy atom. The molecule has 154 valence electrons. The van der Waals surface area contributed by atoms with E-state index in [1.165, 1.54) is 0 Å². The number of hydrogen-bond acceptors (Lipinski definition) is 3. The fraction of sp³-hybridized carbons (Fsp3) is 0.0370. The number of rotatable bonds is 2. The van der Waals surface area contributed by atoms with Gasteiger partial charge in [0.15, 0.2) is 5.75 Å². The highest BCUT2D eigenvalue weighted by atomic mass is 16.5. The molecule has 3 aromatic heterocycles. The molecule has 2 N–H and O–H groups in total. The third-order valence-corrected chi connectivity index (χ3v) is 5.57. The number of hydrogen-bond donors (Lipinski definition) is 2. The van der Waals surface area contributed by atoms with Crippen LogP contribution in [-0.4, -0.2) is 27.0 Å². The molecule has 32 heavy (non-hydrogen) atoms. The van der Waals surface area contributed by atoms with Crippen LogP contribution >= 0.6 is 0 Å². The summed E-state index contributed by atoms with van der Waals surface area (Å²) in [6.07, 6.45) is 8.07. The molecule has 0 spiro atoms. The number of ether oxygens (including phenoxy) is 1. The minimum atomic E-state index is 0.784. The first-order valence-corrected chi connectivity index (χ1v) is 10.5. The number of nitrogens with one attached hydrogen (secondary N) is 2. The second-order valence-corrected chi connectivity index (χ2v) is 7.76. The Labute approximate surface area is 184 Å². The van der Waals surface area contributed by atoms with E-state index in [1.54, 1.807) is 7.11 Å². The molecule has 0 saturated heterocycles. The van der Waals surface area contributed by atoms with Crippen molar-refractivity contribution in [1.82, 2.24) is 19.9 Å². The quantitative estimate of drug-likeness (QED) is 0.346. The van der Waals surface area contributed by atoms with Crippen molar-refractivity contribution in [3.8, 4) is 16.9 Å². The Kier molecular flexibility index (Phi) is 4.25. The van der Waals surface area contributed by atoms with E-state index >= 15 is 0 Å². The lowest BCUT2D eigenvalue weighted by Gasteiger charge is -2.04. The number of nitrogens with zero attached hydrogens (tertiary/aromatic N) is 2. The predicted octanol–water partition coefficient (Wildman–Crippen LogP) is 6.33. The fourth-order valence-electron chi connectivity index (χ4n) is 4.16. The summed E-state index contributed by atoms with van der Waals surface area (Å²) in [5.41, 5.74) is 9.42. The monoisotopic (exact) mass is 416 g/mol. The SMILES string of the molecule is COc1c(-c2ccccc2)c2cc3nc(cc4ccc(cc5nc(cc1[nH]2)C=C5)[nH]4)C=C3. The smallest absolute Gasteiger partial charge is 0.152 e. The molecule has 0 radical (unpaired) electrons. The lowest BCUT2D eigenvalue weighted by molar-refractivity contribution is 0.422. The van der Waals surface area contributed by atoms with Crippen LogP contribution in [0.2, 0.25) is 0 Å². The van der Waals surface area contributed by atoms with E-state index in [4.69, 9.17) is 14.7 Å². The second kappa shape index (κ2) is 7.39. The van der Waals surface area contributed by atoms with Crippen LogP contribution in [0, 0.1) is 0 Å². The molecule has 0 unspecified atom stereocenters. The summed E-state index contributed by atoms with van der Waals surface area (Å²) in [7, 11) is 1.70. The average Bonchev–Trinajstić information content (AvgIpc) is 3.58. The van der Waals surface area contributed by atoms with Crippen LogP contribution in [-0.2, 0) is 0 Å². The number of aromatic nitrogens is 4. The van der Waals surface area contributed by atoms with E-state index in [9.17, 15) is 0 Å². The summed E-state index contributed by atoms with van der Waals surface area (Å²) < 4.78 is 5.88. The zero-order valence-corrected chi connectivity index (χ0v) is 17.5. The van der Waals surface area contributed by atoms with Crippen molar-refractivity contribution in [2.24, 2.45) is 0 Å². The molecular formula is C27H20N4O. The molecule has 0 fully saturated rings. The molecule has 5 nitrogen and oxygen atoms in total. The van der Waals surface area contributed by atoms with Crippen molar-refractivity contribution >= 4 is 46.4 Å². The summed E-state index contributed by atoms with van der Waals surface area (Å²) in [5.74, 6) is 0.784. The maximum Gasteiger partial charge on any atom is 0.152 e. The molecule has 0 saturated carbocycles. The molecule has 0 aliphatic carbocycles. The van der Waals surface area contributed by atoms with Crippen molar-refractivity contribution in [2.45, 2.75) is 0 Å². The second-order valence-electron chi connectivity index (χ2n) is 7.76.